The first-order chi connectivity index (χ1) is 22.8. The van der Waals surface area contributed by atoms with E-state index < -0.39 is 71.9 Å². The SMILES string of the molecule is COC(=O)C[C@@H]1CC(=O)[C@@H](NC(=O)OC(C)(C)C)Cc2cccc(c2)Oc2ccc(cc2)C[C@@H](C(=O)NCc2ccccc2F)NC1=O. The third-order valence-corrected chi connectivity index (χ3v) is 7.52. The largest absolute Gasteiger partial charge is 0.469 e. The fraction of sp³-hybridized carbons (Fsp3) is 0.361. The molecule has 0 unspecified atom stereocenters. The summed E-state index contributed by atoms with van der Waals surface area (Å²) in [6, 6.07) is 17.6. The number of ether oxygens (including phenoxy) is 3. The Morgan fingerprint density at radius 1 is 0.917 bits per heavy atom. The first-order valence-electron chi connectivity index (χ1n) is 15.6. The molecule has 0 aliphatic carbocycles. The van der Waals surface area contributed by atoms with Crippen LogP contribution in [0.4, 0.5) is 9.18 Å². The molecule has 3 N–H and O–H groups in total. The van der Waals surface area contributed by atoms with Crippen molar-refractivity contribution in [3.63, 3.8) is 0 Å². The molecule has 0 aromatic heterocycles. The highest BCUT2D eigenvalue weighted by Gasteiger charge is 2.33. The maximum atomic E-state index is 14.3. The third kappa shape index (κ3) is 10.6. The number of carbonyl (C=O) groups excluding carboxylic acids is 5. The molecule has 5 rings (SSSR count). The number of Topliss-reactive ketones (excluding diaryl/α,β-unsaturated/α-hetero) is 1. The molecule has 4 bridgehead atoms. The summed E-state index contributed by atoms with van der Waals surface area (Å²) in [7, 11) is 1.16. The van der Waals surface area contributed by atoms with Gasteiger partial charge in [-0.2, -0.15) is 0 Å². The summed E-state index contributed by atoms with van der Waals surface area (Å²) in [6.45, 7) is 4.92. The molecular formula is C36H40FN3O8. The van der Waals surface area contributed by atoms with Gasteiger partial charge in [0.15, 0.2) is 5.78 Å². The van der Waals surface area contributed by atoms with Crippen molar-refractivity contribution in [1.82, 2.24) is 16.0 Å². The Bertz CT molecular complexity index is 1640. The van der Waals surface area contributed by atoms with Crippen molar-refractivity contribution in [2.45, 2.75) is 70.7 Å². The molecule has 0 spiro atoms. The molecule has 2 aliphatic rings. The van der Waals surface area contributed by atoms with Gasteiger partial charge in [-0.05, 0) is 62.2 Å². The van der Waals surface area contributed by atoms with Gasteiger partial charge in [-0.25, -0.2) is 9.18 Å². The fourth-order valence-corrected chi connectivity index (χ4v) is 5.11. The van der Waals surface area contributed by atoms with E-state index in [1.165, 1.54) is 18.2 Å². The number of methoxy groups -OCH3 is 1. The normalized spacial score (nSPS) is 18.5. The second-order valence-electron chi connectivity index (χ2n) is 12.5. The fourth-order valence-electron chi connectivity index (χ4n) is 5.11. The number of fused-ring (bicyclic) bond motifs is 10. The van der Waals surface area contributed by atoms with Crippen LogP contribution >= 0.6 is 0 Å². The standard InChI is InChI=1S/C36H40FN3O8/c1-36(2,3)48-35(45)40-29-18-23-8-7-10-27(16-23)47-26-14-12-22(13-15-26)17-30(34(44)38-21-24-9-5-6-11-28(24)37)39-33(43)25(19-31(29)41)20-32(42)46-4/h5-16,25,29-30H,17-21H2,1-4H3,(H,38,44)(H,39,43)(H,40,45)/t25-,29-,30-/m0/s1. The van der Waals surface area contributed by atoms with E-state index in [0.29, 0.717) is 22.6 Å². The van der Waals surface area contributed by atoms with Gasteiger partial charge < -0.3 is 30.2 Å². The quantitative estimate of drug-likeness (QED) is 0.326. The van der Waals surface area contributed by atoms with E-state index in [1.807, 2.05) is 0 Å². The number of benzene rings is 3. The van der Waals surface area contributed by atoms with Crippen molar-refractivity contribution in [2.24, 2.45) is 5.92 Å². The van der Waals surface area contributed by atoms with E-state index in [0.717, 1.165) is 7.11 Å². The molecule has 3 atom stereocenters. The highest BCUT2D eigenvalue weighted by molar-refractivity contribution is 5.95. The van der Waals surface area contributed by atoms with Crippen LogP contribution in [-0.4, -0.2) is 54.5 Å². The Balaban J connectivity index is 1.69. The minimum absolute atomic E-state index is 0.0296. The molecule has 3 aromatic rings. The molecule has 48 heavy (non-hydrogen) atoms. The summed E-state index contributed by atoms with van der Waals surface area (Å²) in [5, 5.41) is 7.98. The Morgan fingerprint density at radius 3 is 2.33 bits per heavy atom. The van der Waals surface area contributed by atoms with Crippen LogP contribution in [0.5, 0.6) is 11.5 Å². The van der Waals surface area contributed by atoms with Gasteiger partial charge in [-0.15, -0.1) is 0 Å². The minimum atomic E-state index is -1.25. The van der Waals surface area contributed by atoms with Gasteiger partial charge in [0.05, 0.1) is 25.5 Å². The van der Waals surface area contributed by atoms with E-state index in [2.05, 4.69) is 16.0 Å². The minimum Gasteiger partial charge on any atom is -0.469 e. The first kappa shape index (κ1) is 35.6. The molecule has 0 fully saturated rings. The zero-order valence-corrected chi connectivity index (χ0v) is 27.3. The summed E-state index contributed by atoms with van der Waals surface area (Å²) in [6.07, 6.45) is -1.70. The van der Waals surface area contributed by atoms with E-state index >= 15 is 0 Å². The van der Waals surface area contributed by atoms with Crippen molar-refractivity contribution < 1.29 is 42.6 Å². The molecule has 2 aliphatic heterocycles. The van der Waals surface area contributed by atoms with Crippen LogP contribution < -0.4 is 20.7 Å². The lowest BCUT2D eigenvalue weighted by Crippen LogP contribution is -2.51. The van der Waals surface area contributed by atoms with Crippen molar-refractivity contribution in [2.75, 3.05) is 7.11 Å². The second-order valence-corrected chi connectivity index (χ2v) is 12.5. The number of rotatable bonds is 6. The van der Waals surface area contributed by atoms with Gasteiger partial charge >= 0.3 is 12.1 Å². The number of alkyl carbamates (subject to hydrolysis) is 1. The molecular weight excluding hydrogens is 621 g/mol. The lowest BCUT2D eigenvalue weighted by molar-refractivity contribution is -0.145. The van der Waals surface area contributed by atoms with Crippen LogP contribution in [0.15, 0.2) is 72.8 Å². The van der Waals surface area contributed by atoms with Gasteiger partial charge in [-0.3, -0.25) is 19.2 Å². The predicted octanol–water partition coefficient (Wildman–Crippen LogP) is 4.55. The monoisotopic (exact) mass is 661 g/mol. The highest BCUT2D eigenvalue weighted by atomic mass is 19.1. The first-order valence-corrected chi connectivity index (χ1v) is 15.6. The van der Waals surface area contributed by atoms with Crippen LogP contribution in [0.1, 0.15) is 50.3 Å². The maximum absolute atomic E-state index is 14.3. The third-order valence-electron chi connectivity index (χ3n) is 7.52. The summed E-state index contributed by atoms with van der Waals surface area (Å²) >= 11 is 0. The van der Waals surface area contributed by atoms with E-state index in [-0.39, 0.29) is 24.9 Å². The van der Waals surface area contributed by atoms with Gasteiger partial charge in [0, 0.05) is 31.4 Å². The van der Waals surface area contributed by atoms with Crippen molar-refractivity contribution in [3.05, 3.63) is 95.3 Å². The number of hydrogen-bond donors (Lipinski definition) is 3. The van der Waals surface area contributed by atoms with Gasteiger partial charge in [0.25, 0.3) is 0 Å². The average molecular weight is 662 g/mol. The number of amides is 3. The Labute approximate surface area is 278 Å². The molecule has 11 nitrogen and oxygen atoms in total. The molecule has 3 amide bonds. The Hall–Kier alpha value is -5.26. The van der Waals surface area contributed by atoms with Gasteiger partial charge in [0.1, 0.15) is 29.0 Å². The second kappa shape index (κ2) is 16.0. The van der Waals surface area contributed by atoms with Gasteiger partial charge in [-0.1, -0.05) is 42.5 Å². The maximum Gasteiger partial charge on any atom is 0.408 e. The molecule has 0 radical (unpaired) electrons. The molecule has 0 saturated carbocycles. The lowest BCUT2D eigenvalue weighted by atomic mass is 9.91. The van der Waals surface area contributed by atoms with Crippen molar-refractivity contribution in [1.29, 1.82) is 0 Å². The average Bonchev–Trinajstić information content (AvgIpc) is 3.03. The topological polar surface area (TPSA) is 149 Å². The van der Waals surface area contributed by atoms with Crippen LogP contribution in [-0.2, 0) is 48.0 Å². The van der Waals surface area contributed by atoms with Crippen LogP contribution in [0.2, 0.25) is 0 Å². The molecule has 0 saturated heterocycles. The lowest BCUT2D eigenvalue weighted by Gasteiger charge is -2.25. The van der Waals surface area contributed by atoms with Crippen LogP contribution in [0.25, 0.3) is 0 Å². The van der Waals surface area contributed by atoms with E-state index in [4.69, 9.17) is 14.2 Å². The Morgan fingerprint density at radius 2 is 1.65 bits per heavy atom. The summed E-state index contributed by atoms with van der Waals surface area (Å²) < 4.78 is 30.5. The highest BCUT2D eigenvalue weighted by Crippen LogP contribution is 2.25. The zero-order valence-electron chi connectivity index (χ0n) is 27.3. The van der Waals surface area contributed by atoms with E-state index in [1.54, 1.807) is 75.4 Å². The smallest absolute Gasteiger partial charge is 0.408 e. The Kier molecular flexibility index (Phi) is 11.9. The number of hydrogen-bond acceptors (Lipinski definition) is 8. The van der Waals surface area contributed by atoms with Gasteiger partial charge in [0.2, 0.25) is 11.8 Å². The summed E-state index contributed by atoms with van der Waals surface area (Å²) in [5.41, 5.74) is 0.740. The number of halogens is 1. The number of carbonyl (C=O) groups is 5. The number of esters is 1. The molecule has 2 heterocycles. The summed E-state index contributed by atoms with van der Waals surface area (Å²) in [5.74, 6) is -3.40. The van der Waals surface area contributed by atoms with Crippen molar-refractivity contribution >= 4 is 29.7 Å². The van der Waals surface area contributed by atoms with Crippen LogP contribution in [0, 0.1) is 11.7 Å². The predicted molar refractivity (Wildman–Crippen MR) is 173 cm³/mol. The van der Waals surface area contributed by atoms with E-state index in [9.17, 15) is 28.4 Å². The zero-order chi connectivity index (χ0) is 34.8. The molecule has 254 valence electrons. The van der Waals surface area contributed by atoms with Crippen LogP contribution in [0.3, 0.4) is 0 Å². The number of ketones is 1. The molecule has 3 aromatic carbocycles. The molecule has 12 heteroatoms. The van der Waals surface area contributed by atoms with Crippen molar-refractivity contribution in [3.8, 4) is 11.5 Å². The summed E-state index contributed by atoms with van der Waals surface area (Å²) in [4.78, 5) is 66.3. The number of nitrogens with one attached hydrogen (secondary N) is 3.